The molecule has 0 unspecified atom stereocenters. The maximum atomic E-state index is 13.3. The molecule has 4 nitrogen and oxygen atoms in total. The Morgan fingerprint density at radius 2 is 1.65 bits per heavy atom. The van der Waals surface area contributed by atoms with Crippen LogP contribution in [0.1, 0.15) is 44.2 Å². The number of rotatable bonds is 7. The van der Waals surface area contributed by atoms with Crippen LogP contribution in [0.15, 0.2) is 29.7 Å². The summed E-state index contributed by atoms with van der Waals surface area (Å²) >= 11 is 0. The van der Waals surface area contributed by atoms with Crippen molar-refractivity contribution in [2.75, 3.05) is 26.3 Å². The minimum atomic E-state index is -3.29. The van der Waals surface area contributed by atoms with Crippen molar-refractivity contribution < 1.29 is 13.6 Å². The normalized spacial score (nSPS) is 16.7. The van der Waals surface area contributed by atoms with Crippen LogP contribution in [0.5, 0.6) is 0 Å². The molecule has 0 aromatic heterocycles. The number of hydrogen-bond acceptors (Lipinski definition) is 4. The lowest BCUT2D eigenvalue weighted by atomic mass is 10.1. The maximum absolute atomic E-state index is 13.3. The summed E-state index contributed by atoms with van der Waals surface area (Å²) in [6.07, 6.45) is 5.42. The molecule has 23 heavy (non-hydrogen) atoms. The van der Waals surface area contributed by atoms with Crippen molar-refractivity contribution in [3.63, 3.8) is 0 Å². The first-order chi connectivity index (χ1) is 11.1. The van der Waals surface area contributed by atoms with E-state index in [2.05, 4.69) is 24.0 Å². The lowest BCUT2D eigenvalue weighted by Crippen LogP contribution is -2.29. The number of nitrogens with zero attached hydrogens (tertiary/aromatic N) is 1. The molecule has 1 heterocycles. The van der Waals surface area contributed by atoms with Crippen LogP contribution in [0, 0.1) is 6.92 Å². The van der Waals surface area contributed by atoms with Crippen molar-refractivity contribution in [1.29, 1.82) is 0 Å². The average molecular weight is 337 g/mol. The number of hydrogen-bond donors (Lipinski definition) is 0. The van der Waals surface area contributed by atoms with Crippen LogP contribution in [-0.2, 0) is 13.6 Å². The van der Waals surface area contributed by atoms with Crippen molar-refractivity contribution in [2.45, 2.75) is 40.0 Å². The average Bonchev–Trinajstić information content (AvgIpc) is 2.55. The Labute approximate surface area is 140 Å². The Balaban J connectivity index is 2.40. The summed E-state index contributed by atoms with van der Waals surface area (Å²) in [7, 11) is -3.29. The van der Waals surface area contributed by atoms with Crippen LogP contribution in [0.3, 0.4) is 0 Å². The second kappa shape index (κ2) is 8.68. The standard InChI is InChI=1S/C18H28NO3P/c1-4-21-23(20,22-5-2)18(19-13-7-6-8-14-19)15-17-11-9-16(3)10-12-17/h9-12,15H,4-8,13-14H2,1-3H3/b18-15-. The summed E-state index contributed by atoms with van der Waals surface area (Å²) in [6.45, 7) is 8.32. The van der Waals surface area contributed by atoms with Crippen LogP contribution >= 0.6 is 7.60 Å². The van der Waals surface area contributed by atoms with Gasteiger partial charge >= 0.3 is 7.60 Å². The maximum Gasteiger partial charge on any atom is 0.377 e. The van der Waals surface area contributed by atoms with E-state index in [0.717, 1.165) is 31.5 Å². The third-order valence-electron chi connectivity index (χ3n) is 3.93. The third kappa shape index (κ3) is 4.94. The topological polar surface area (TPSA) is 38.8 Å². The van der Waals surface area contributed by atoms with Crippen molar-refractivity contribution >= 4 is 13.7 Å². The first kappa shape index (κ1) is 18.3. The van der Waals surface area contributed by atoms with E-state index in [1.807, 2.05) is 32.1 Å². The van der Waals surface area contributed by atoms with E-state index in [-0.39, 0.29) is 0 Å². The van der Waals surface area contributed by atoms with Crippen molar-refractivity contribution in [3.8, 4) is 0 Å². The molecule has 0 bridgehead atoms. The Kier molecular flexibility index (Phi) is 6.88. The first-order valence-electron chi connectivity index (χ1n) is 8.52. The van der Waals surface area contributed by atoms with E-state index in [1.165, 1.54) is 12.0 Å². The summed E-state index contributed by atoms with van der Waals surface area (Å²) in [5.74, 6) is 0. The molecular weight excluding hydrogens is 309 g/mol. The summed E-state index contributed by atoms with van der Waals surface area (Å²) in [5, 5.41) is 0. The lowest BCUT2D eigenvalue weighted by Gasteiger charge is -2.34. The molecule has 0 radical (unpaired) electrons. The highest BCUT2D eigenvalue weighted by atomic mass is 31.2. The quantitative estimate of drug-likeness (QED) is 0.653. The fourth-order valence-electron chi connectivity index (χ4n) is 2.79. The number of aryl methyl sites for hydroxylation is 1. The zero-order valence-electron chi connectivity index (χ0n) is 14.5. The highest BCUT2D eigenvalue weighted by Gasteiger charge is 2.34. The van der Waals surface area contributed by atoms with Crippen LogP contribution in [-0.4, -0.2) is 31.2 Å². The van der Waals surface area contributed by atoms with Gasteiger partial charge in [0.25, 0.3) is 0 Å². The van der Waals surface area contributed by atoms with E-state index >= 15 is 0 Å². The van der Waals surface area contributed by atoms with Gasteiger partial charge in [0, 0.05) is 13.1 Å². The molecule has 1 aliphatic rings. The van der Waals surface area contributed by atoms with Crippen LogP contribution in [0.25, 0.3) is 6.08 Å². The van der Waals surface area contributed by atoms with Crippen LogP contribution in [0.4, 0.5) is 0 Å². The van der Waals surface area contributed by atoms with Crippen LogP contribution < -0.4 is 0 Å². The van der Waals surface area contributed by atoms with Gasteiger partial charge in [0.1, 0.15) is 5.44 Å². The Morgan fingerprint density at radius 1 is 1.09 bits per heavy atom. The van der Waals surface area contributed by atoms with Gasteiger partial charge in [0.15, 0.2) is 0 Å². The van der Waals surface area contributed by atoms with E-state index in [1.54, 1.807) is 0 Å². The zero-order valence-corrected chi connectivity index (χ0v) is 15.4. The van der Waals surface area contributed by atoms with Gasteiger partial charge in [-0.1, -0.05) is 29.8 Å². The number of benzene rings is 1. The molecule has 1 saturated heterocycles. The van der Waals surface area contributed by atoms with Gasteiger partial charge in [-0.2, -0.15) is 0 Å². The van der Waals surface area contributed by atoms with E-state index in [9.17, 15) is 4.57 Å². The second-order valence-corrected chi connectivity index (χ2v) is 7.76. The lowest BCUT2D eigenvalue weighted by molar-refractivity contribution is 0.207. The SMILES string of the molecule is CCOP(=O)(OCC)/C(=C\c1ccc(C)cc1)N1CCCCC1. The van der Waals surface area contributed by atoms with E-state index < -0.39 is 7.60 Å². The monoisotopic (exact) mass is 337 g/mol. The van der Waals surface area contributed by atoms with E-state index in [0.29, 0.717) is 18.7 Å². The summed E-state index contributed by atoms with van der Waals surface area (Å²) in [5.41, 5.74) is 2.93. The summed E-state index contributed by atoms with van der Waals surface area (Å²) in [6, 6.07) is 8.21. The second-order valence-electron chi connectivity index (χ2n) is 5.79. The minimum absolute atomic E-state index is 0.371. The molecule has 1 aromatic carbocycles. The number of piperidine rings is 1. The van der Waals surface area contributed by atoms with Crippen molar-refractivity contribution in [3.05, 3.63) is 40.8 Å². The Morgan fingerprint density at radius 3 is 2.17 bits per heavy atom. The van der Waals surface area contributed by atoms with Crippen molar-refractivity contribution in [2.24, 2.45) is 0 Å². The molecule has 0 saturated carbocycles. The van der Waals surface area contributed by atoms with E-state index in [4.69, 9.17) is 9.05 Å². The van der Waals surface area contributed by atoms with Gasteiger partial charge < -0.3 is 13.9 Å². The minimum Gasteiger partial charge on any atom is -0.365 e. The van der Waals surface area contributed by atoms with Gasteiger partial charge in [0.2, 0.25) is 0 Å². The molecule has 0 amide bonds. The Bertz CT molecular complexity index is 552. The van der Waals surface area contributed by atoms with Crippen LogP contribution in [0.2, 0.25) is 0 Å². The van der Waals surface area contributed by atoms with Gasteiger partial charge in [-0.05, 0) is 51.7 Å². The molecule has 128 valence electrons. The molecule has 5 heteroatoms. The molecule has 2 rings (SSSR count). The highest BCUT2D eigenvalue weighted by molar-refractivity contribution is 7.58. The Hall–Kier alpha value is -1.09. The van der Waals surface area contributed by atoms with Gasteiger partial charge in [-0.15, -0.1) is 0 Å². The predicted molar refractivity (Wildman–Crippen MR) is 95.4 cm³/mol. The zero-order chi connectivity index (χ0) is 16.7. The molecule has 0 N–H and O–H groups in total. The largest absolute Gasteiger partial charge is 0.377 e. The first-order valence-corrected chi connectivity index (χ1v) is 10.1. The molecule has 1 aliphatic heterocycles. The van der Waals surface area contributed by atoms with Gasteiger partial charge in [-0.25, -0.2) is 0 Å². The van der Waals surface area contributed by atoms with Crippen molar-refractivity contribution in [1.82, 2.24) is 4.90 Å². The van der Waals surface area contributed by atoms with Gasteiger partial charge in [0.05, 0.1) is 13.2 Å². The molecule has 1 fully saturated rings. The molecule has 0 aliphatic carbocycles. The smallest absolute Gasteiger partial charge is 0.365 e. The third-order valence-corrected chi connectivity index (χ3v) is 6.10. The summed E-state index contributed by atoms with van der Waals surface area (Å²) < 4.78 is 24.5. The predicted octanol–water partition coefficient (Wildman–Crippen LogP) is 5.05. The fraction of sp³-hybridized carbons (Fsp3) is 0.556. The summed E-state index contributed by atoms with van der Waals surface area (Å²) in [4.78, 5) is 2.18. The highest BCUT2D eigenvalue weighted by Crippen LogP contribution is 2.58. The van der Waals surface area contributed by atoms with Gasteiger partial charge in [-0.3, -0.25) is 4.57 Å². The molecular formula is C18H28NO3P. The fourth-order valence-corrected chi connectivity index (χ4v) is 4.66. The molecule has 0 atom stereocenters. The molecule has 0 spiro atoms. The molecule has 1 aromatic rings. The number of likely N-dealkylation sites (tertiary alicyclic amines) is 1.